The van der Waals surface area contributed by atoms with Crippen molar-refractivity contribution in [1.82, 2.24) is 9.97 Å². The van der Waals surface area contributed by atoms with Crippen LogP contribution < -0.4 is 15.4 Å². The lowest BCUT2D eigenvalue weighted by atomic mass is 10.1. The second-order valence-electron chi connectivity index (χ2n) is 7.34. The second kappa shape index (κ2) is 8.23. The first-order valence-corrected chi connectivity index (χ1v) is 10.9. The fraction of sp³-hybridized carbons (Fsp3) is 0.421. The topological polar surface area (TPSA) is 118 Å². The fourth-order valence-corrected chi connectivity index (χ4v) is 3.72. The van der Waals surface area contributed by atoms with Crippen molar-refractivity contribution in [2.45, 2.75) is 44.1 Å². The van der Waals surface area contributed by atoms with Crippen LogP contribution in [0.3, 0.4) is 0 Å². The monoisotopic (exact) mass is 439 g/mol. The van der Waals surface area contributed by atoms with Crippen LogP contribution in [0.25, 0.3) is 0 Å². The van der Waals surface area contributed by atoms with E-state index in [0.717, 1.165) is 11.6 Å². The Hall–Kier alpha value is -2.66. The van der Waals surface area contributed by atoms with E-state index in [1.54, 1.807) is 24.8 Å². The summed E-state index contributed by atoms with van der Waals surface area (Å²) >= 11 is 0. The number of amides is 1. The lowest BCUT2D eigenvalue weighted by molar-refractivity contribution is -0.0102. The number of rotatable bonds is 4. The van der Waals surface area contributed by atoms with E-state index in [0.29, 0.717) is 18.1 Å². The van der Waals surface area contributed by atoms with E-state index in [2.05, 4.69) is 15.3 Å². The average Bonchev–Trinajstić information content (AvgIpc) is 2.83. The van der Waals surface area contributed by atoms with E-state index in [1.165, 1.54) is 12.3 Å². The number of hydrogen-bond donors (Lipinski definition) is 2. The molecule has 0 aliphatic carbocycles. The number of carbonyl (C=O) groups is 1. The molecule has 1 saturated heterocycles. The highest BCUT2D eigenvalue weighted by atomic mass is 32.2. The zero-order valence-electron chi connectivity index (χ0n) is 16.7. The van der Waals surface area contributed by atoms with Crippen LogP contribution in [-0.4, -0.2) is 43.3 Å². The highest BCUT2D eigenvalue weighted by Gasteiger charge is 2.33. The minimum Gasteiger partial charge on any atom is -0.356 e. The molecule has 2 aromatic heterocycles. The number of halogens is 2. The Bertz CT molecular complexity index is 1080. The minimum absolute atomic E-state index is 0.0770. The number of carbonyl (C=O) groups excluding carboxylic acids is 1. The first-order chi connectivity index (χ1) is 14.0. The highest BCUT2D eigenvalue weighted by molar-refractivity contribution is 7.89. The van der Waals surface area contributed by atoms with Crippen LogP contribution in [-0.2, 0) is 10.0 Å². The Kier molecular flexibility index (Phi) is 6.04. The Morgan fingerprint density at radius 1 is 1.23 bits per heavy atom. The van der Waals surface area contributed by atoms with Crippen molar-refractivity contribution < 1.29 is 22.0 Å². The standard InChI is InChI=1S/C19H23F2N5O3S/c1-12-10-15(18(27)25-14-4-7-23-16(11-14)30(22,28)29)17(24-13(12)2)26-8-3-5-19(20,21)6-9-26/h4,7,10-11H,3,5-6,8-9H2,1-2H3,(H2,22,28,29)(H,23,25,27). The molecule has 162 valence electrons. The molecule has 0 atom stereocenters. The van der Waals surface area contributed by atoms with Gasteiger partial charge in [0, 0.05) is 49.6 Å². The van der Waals surface area contributed by atoms with E-state index in [-0.39, 0.29) is 42.1 Å². The molecule has 0 bridgehead atoms. The summed E-state index contributed by atoms with van der Waals surface area (Å²) in [5.74, 6) is -2.95. The summed E-state index contributed by atoms with van der Waals surface area (Å²) in [4.78, 5) is 22.9. The van der Waals surface area contributed by atoms with Gasteiger partial charge in [-0.1, -0.05) is 0 Å². The molecule has 0 radical (unpaired) electrons. The summed E-state index contributed by atoms with van der Waals surface area (Å²) in [5.41, 5.74) is 1.87. The molecule has 1 amide bonds. The van der Waals surface area contributed by atoms with Crippen molar-refractivity contribution in [2.24, 2.45) is 5.14 Å². The number of hydrogen-bond acceptors (Lipinski definition) is 6. The van der Waals surface area contributed by atoms with Crippen molar-refractivity contribution in [3.05, 3.63) is 41.2 Å². The Labute approximate surface area is 173 Å². The van der Waals surface area contributed by atoms with Gasteiger partial charge in [-0.3, -0.25) is 4.79 Å². The first-order valence-electron chi connectivity index (χ1n) is 9.37. The number of aryl methyl sites for hydroxylation is 2. The fourth-order valence-electron chi connectivity index (χ4n) is 3.22. The van der Waals surface area contributed by atoms with Gasteiger partial charge in [-0.15, -0.1) is 0 Å². The molecule has 1 fully saturated rings. The maximum Gasteiger partial charge on any atom is 0.259 e. The molecule has 8 nitrogen and oxygen atoms in total. The number of nitrogens with two attached hydrogens (primary N) is 1. The van der Waals surface area contributed by atoms with Crippen molar-refractivity contribution >= 4 is 27.4 Å². The van der Waals surface area contributed by atoms with Gasteiger partial charge in [0.2, 0.25) is 5.92 Å². The molecule has 3 rings (SSSR count). The van der Waals surface area contributed by atoms with Crippen LogP contribution in [0.15, 0.2) is 29.4 Å². The van der Waals surface area contributed by atoms with Gasteiger partial charge in [0.25, 0.3) is 15.9 Å². The largest absolute Gasteiger partial charge is 0.356 e. The zero-order chi connectivity index (χ0) is 22.1. The number of pyridine rings is 2. The number of nitrogens with one attached hydrogen (secondary N) is 1. The quantitative estimate of drug-likeness (QED) is 0.756. The molecule has 1 aliphatic heterocycles. The summed E-state index contributed by atoms with van der Waals surface area (Å²) in [6.45, 7) is 4.02. The molecule has 3 N–H and O–H groups in total. The molecule has 0 unspecified atom stereocenters. The highest BCUT2D eigenvalue weighted by Crippen LogP contribution is 2.31. The lowest BCUT2D eigenvalue weighted by Gasteiger charge is -2.25. The van der Waals surface area contributed by atoms with Gasteiger partial charge in [-0.25, -0.2) is 32.3 Å². The zero-order valence-corrected chi connectivity index (χ0v) is 17.5. The van der Waals surface area contributed by atoms with Crippen LogP contribution in [0.4, 0.5) is 20.3 Å². The normalized spacial score (nSPS) is 16.8. The average molecular weight is 439 g/mol. The van der Waals surface area contributed by atoms with Crippen LogP contribution >= 0.6 is 0 Å². The van der Waals surface area contributed by atoms with E-state index in [1.807, 2.05) is 0 Å². The van der Waals surface area contributed by atoms with Crippen molar-refractivity contribution in [1.29, 1.82) is 0 Å². The van der Waals surface area contributed by atoms with Gasteiger partial charge in [0.05, 0.1) is 5.56 Å². The van der Waals surface area contributed by atoms with Gasteiger partial charge in [-0.05, 0) is 38.0 Å². The SMILES string of the molecule is Cc1cc(C(=O)Nc2ccnc(S(N)(=O)=O)c2)c(N2CCCC(F)(F)CC2)nc1C. The molecule has 3 heterocycles. The number of nitrogens with zero attached hydrogens (tertiary/aromatic N) is 3. The predicted octanol–water partition coefficient (Wildman–Crippen LogP) is 2.62. The van der Waals surface area contributed by atoms with Crippen molar-refractivity contribution in [3.8, 4) is 0 Å². The first kappa shape index (κ1) is 22.0. The molecule has 0 aromatic carbocycles. The second-order valence-corrected chi connectivity index (χ2v) is 8.85. The molecule has 11 heteroatoms. The molecule has 1 aliphatic rings. The molecule has 30 heavy (non-hydrogen) atoms. The third kappa shape index (κ3) is 5.08. The van der Waals surface area contributed by atoms with E-state index in [4.69, 9.17) is 5.14 Å². The van der Waals surface area contributed by atoms with Crippen LogP contribution in [0, 0.1) is 13.8 Å². The Morgan fingerprint density at radius 2 is 1.97 bits per heavy atom. The number of anilines is 2. The van der Waals surface area contributed by atoms with Gasteiger partial charge in [0.15, 0.2) is 5.03 Å². The van der Waals surface area contributed by atoms with E-state index >= 15 is 0 Å². The molecular weight excluding hydrogens is 416 g/mol. The summed E-state index contributed by atoms with van der Waals surface area (Å²) in [5, 5.41) is 7.32. The van der Waals surface area contributed by atoms with E-state index < -0.39 is 21.9 Å². The van der Waals surface area contributed by atoms with Gasteiger partial charge in [-0.2, -0.15) is 0 Å². The predicted molar refractivity (Wildman–Crippen MR) is 108 cm³/mol. The van der Waals surface area contributed by atoms with Gasteiger partial charge < -0.3 is 10.2 Å². The Balaban J connectivity index is 1.93. The van der Waals surface area contributed by atoms with Crippen LogP contribution in [0.5, 0.6) is 0 Å². The molecular formula is C19H23F2N5O3S. The summed E-state index contributed by atoms with van der Waals surface area (Å²) in [6.07, 6.45) is 0.977. The number of primary sulfonamides is 1. The van der Waals surface area contributed by atoms with E-state index in [9.17, 15) is 22.0 Å². The van der Waals surface area contributed by atoms with Gasteiger partial charge >= 0.3 is 0 Å². The smallest absolute Gasteiger partial charge is 0.259 e. The Morgan fingerprint density at radius 3 is 2.67 bits per heavy atom. The summed E-state index contributed by atoms with van der Waals surface area (Å²) in [7, 11) is -4.03. The maximum absolute atomic E-state index is 13.8. The number of alkyl halides is 2. The molecule has 0 saturated carbocycles. The van der Waals surface area contributed by atoms with Crippen LogP contribution in [0.2, 0.25) is 0 Å². The maximum atomic E-state index is 13.8. The van der Waals surface area contributed by atoms with Crippen molar-refractivity contribution in [2.75, 3.05) is 23.3 Å². The third-order valence-corrected chi connectivity index (χ3v) is 5.80. The van der Waals surface area contributed by atoms with Crippen molar-refractivity contribution in [3.63, 3.8) is 0 Å². The summed E-state index contributed by atoms with van der Waals surface area (Å²) < 4.78 is 50.6. The lowest BCUT2D eigenvalue weighted by Crippen LogP contribution is -2.29. The summed E-state index contributed by atoms with van der Waals surface area (Å²) in [6, 6.07) is 4.22. The third-order valence-electron chi connectivity index (χ3n) is 4.99. The molecule has 2 aromatic rings. The molecule has 0 spiro atoms. The van der Waals surface area contributed by atoms with Crippen LogP contribution in [0.1, 0.15) is 40.9 Å². The number of sulfonamides is 1. The number of aromatic nitrogens is 2. The van der Waals surface area contributed by atoms with Gasteiger partial charge in [0.1, 0.15) is 5.82 Å². The minimum atomic E-state index is -4.03.